The van der Waals surface area contributed by atoms with Gasteiger partial charge in [0.1, 0.15) is 6.07 Å². The van der Waals surface area contributed by atoms with E-state index in [1.54, 1.807) is 6.07 Å². The van der Waals surface area contributed by atoms with Gasteiger partial charge in [-0.2, -0.15) is 5.26 Å². The number of benzene rings is 1. The normalized spacial score (nSPS) is 10.1. The van der Waals surface area contributed by atoms with E-state index in [0.717, 1.165) is 11.3 Å². The van der Waals surface area contributed by atoms with E-state index in [0.29, 0.717) is 31.0 Å². The van der Waals surface area contributed by atoms with Gasteiger partial charge in [0, 0.05) is 19.5 Å². The smallest absolute Gasteiger partial charge is 0.221 e. The van der Waals surface area contributed by atoms with E-state index in [4.69, 9.17) is 5.26 Å². The van der Waals surface area contributed by atoms with Crippen LogP contribution in [-0.2, 0) is 4.79 Å². The second kappa shape index (κ2) is 7.42. The monoisotopic (exact) mass is 259 g/mol. The molecule has 0 saturated carbocycles. The van der Waals surface area contributed by atoms with Crippen molar-refractivity contribution in [1.29, 1.82) is 5.26 Å². The van der Waals surface area contributed by atoms with Gasteiger partial charge in [-0.15, -0.1) is 0 Å². The van der Waals surface area contributed by atoms with Crippen molar-refractivity contribution < 1.29 is 4.79 Å². The average Bonchev–Trinajstić information content (AvgIpc) is 2.36. The highest BCUT2D eigenvalue weighted by atomic mass is 16.1. The number of carbonyl (C=O) groups excluding carboxylic acids is 1. The molecule has 0 aliphatic heterocycles. The van der Waals surface area contributed by atoms with Crippen molar-refractivity contribution in [2.45, 2.75) is 27.2 Å². The zero-order valence-corrected chi connectivity index (χ0v) is 11.8. The lowest BCUT2D eigenvalue weighted by molar-refractivity contribution is -0.120. The lowest BCUT2D eigenvalue weighted by atomic mass is 10.1. The fourth-order valence-electron chi connectivity index (χ4n) is 1.62. The van der Waals surface area contributed by atoms with Crippen molar-refractivity contribution in [2.75, 3.05) is 18.4 Å². The van der Waals surface area contributed by atoms with E-state index in [1.165, 1.54) is 0 Å². The van der Waals surface area contributed by atoms with Crippen LogP contribution in [0.1, 0.15) is 31.4 Å². The third-order valence-electron chi connectivity index (χ3n) is 2.67. The molecule has 0 aliphatic rings. The van der Waals surface area contributed by atoms with E-state index in [1.807, 2.05) is 19.1 Å². The Morgan fingerprint density at radius 3 is 2.79 bits per heavy atom. The van der Waals surface area contributed by atoms with Gasteiger partial charge in [-0.05, 0) is 30.5 Å². The van der Waals surface area contributed by atoms with Gasteiger partial charge in [0.05, 0.1) is 11.3 Å². The van der Waals surface area contributed by atoms with E-state index >= 15 is 0 Å². The maximum absolute atomic E-state index is 11.5. The number of nitrogens with zero attached hydrogens (tertiary/aromatic N) is 1. The summed E-state index contributed by atoms with van der Waals surface area (Å²) in [4.78, 5) is 11.5. The Hall–Kier alpha value is -2.02. The third kappa shape index (κ3) is 5.43. The number of hydrogen-bond acceptors (Lipinski definition) is 3. The summed E-state index contributed by atoms with van der Waals surface area (Å²) in [7, 11) is 0. The molecule has 0 heterocycles. The summed E-state index contributed by atoms with van der Waals surface area (Å²) in [6, 6.07) is 7.75. The highest BCUT2D eigenvalue weighted by Crippen LogP contribution is 2.16. The Morgan fingerprint density at radius 1 is 1.42 bits per heavy atom. The number of carbonyl (C=O) groups is 1. The van der Waals surface area contributed by atoms with Crippen LogP contribution in [0.15, 0.2) is 18.2 Å². The minimum absolute atomic E-state index is 0.0346. The minimum Gasteiger partial charge on any atom is -0.383 e. The molecule has 19 heavy (non-hydrogen) atoms. The Labute approximate surface area is 114 Å². The number of nitriles is 1. The van der Waals surface area contributed by atoms with E-state index < -0.39 is 0 Å². The molecular formula is C15H21N3O. The molecular weight excluding hydrogens is 238 g/mol. The van der Waals surface area contributed by atoms with E-state index in [2.05, 4.69) is 30.6 Å². The van der Waals surface area contributed by atoms with Crippen LogP contribution in [0.2, 0.25) is 0 Å². The van der Waals surface area contributed by atoms with Crippen LogP contribution in [0.4, 0.5) is 5.69 Å². The number of rotatable bonds is 6. The Morgan fingerprint density at radius 2 is 2.16 bits per heavy atom. The topological polar surface area (TPSA) is 64.9 Å². The van der Waals surface area contributed by atoms with Gasteiger partial charge in [-0.25, -0.2) is 0 Å². The van der Waals surface area contributed by atoms with Gasteiger partial charge >= 0.3 is 0 Å². The van der Waals surface area contributed by atoms with Crippen LogP contribution in [-0.4, -0.2) is 19.0 Å². The van der Waals surface area contributed by atoms with Gasteiger partial charge in [-0.1, -0.05) is 19.9 Å². The number of nitrogens with one attached hydrogen (secondary N) is 2. The summed E-state index contributed by atoms with van der Waals surface area (Å²) < 4.78 is 0. The van der Waals surface area contributed by atoms with Crippen LogP contribution in [0.5, 0.6) is 0 Å². The third-order valence-corrected chi connectivity index (χ3v) is 2.67. The zero-order chi connectivity index (χ0) is 14.3. The largest absolute Gasteiger partial charge is 0.383 e. The summed E-state index contributed by atoms with van der Waals surface area (Å²) in [6.07, 6.45) is 0.408. The second-order valence-electron chi connectivity index (χ2n) is 5.04. The highest BCUT2D eigenvalue weighted by molar-refractivity contribution is 5.76. The van der Waals surface area contributed by atoms with Crippen molar-refractivity contribution >= 4 is 11.6 Å². The summed E-state index contributed by atoms with van der Waals surface area (Å²) in [6.45, 7) is 7.32. The average molecular weight is 259 g/mol. The van der Waals surface area contributed by atoms with Crippen LogP contribution in [0.25, 0.3) is 0 Å². The SMILES string of the molecule is Cc1ccc(C#N)c(NCCC(=O)NCC(C)C)c1. The summed E-state index contributed by atoms with van der Waals surface area (Å²) in [5.74, 6) is 0.492. The van der Waals surface area contributed by atoms with Gasteiger partial charge in [0.2, 0.25) is 5.91 Å². The second-order valence-corrected chi connectivity index (χ2v) is 5.04. The number of anilines is 1. The predicted octanol–water partition coefficient (Wildman–Crippen LogP) is 2.44. The first-order valence-corrected chi connectivity index (χ1v) is 6.54. The first-order valence-electron chi connectivity index (χ1n) is 6.54. The molecule has 0 radical (unpaired) electrons. The fourth-order valence-corrected chi connectivity index (χ4v) is 1.62. The molecule has 1 aromatic rings. The van der Waals surface area contributed by atoms with Gasteiger partial charge < -0.3 is 10.6 Å². The Kier molecular flexibility index (Phi) is 5.87. The van der Waals surface area contributed by atoms with Gasteiger partial charge in [-0.3, -0.25) is 4.79 Å². The van der Waals surface area contributed by atoms with Gasteiger partial charge in [0.15, 0.2) is 0 Å². The maximum atomic E-state index is 11.5. The molecule has 1 amide bonds. The molecule has 0 spiro atoms. The molecule has 4 nitrogen and oxygen atoms in total. The molecule has 1 rings (SSSR count). The number of hydrogen-bond donors (Lipinski definition) is 2. The van der Waals surface area contributed by atoms with Crippen LogP contribution in [0, 0.1) is 24.2 Å². The molecule has 0 aliphatic carbocycles. The molecule has 0 atom stereocenters. The van der Waals surface area contributed by atoms with E-state index in [9.17, 15) is 4.79 Å². The van der Waals surface area contributed by atoms with Crippen LogP contribution < -0.4 is 10.6 Å². The van der Waals surface area contributed by atoms with Crippen molar-refractivity contribution in [3.8, 4) is 6.07 Å². The van der Waals surface area contributed by atoms with Crippen molar-refractivity contribution in [2.24, 2.45) is 5.92 Å². The molecule has 2 N–H and O–H groups in total. The molecule has 1 aromatic carbocycles. The molecule has 0 aromatic heterocycles. The Balaban J connectivity index is 2.43. The van der Waals surface area contributed by atoms with E-state index in [-0.39, 0.29) is 5.91 Å². The summed E-state index contributed by atoms with van der Waals surface area (Å²) in [5.41, 5.74) is 2.48. The van der Waals surface area contributed by atoms with Crippen molar-refractivity contribution in [3.63, 3.8) is 0 Å². The number of aryl methyl sites for hydroxylation is 1. The molecule has 0 fully saturated rings. The number of amides is 1. The van der Waals surface area contributed by atoms with Crippen LogP contribution >= 0.6 is 0 Å². The van der Waals surface area contributed by atoms with Crippen molar-refractivity contribution in [1.82, 2.24) is 5.32 Å². The lowest BCUT2D eigenvalue weighted by Gasteiger charge is -2.10. The predicted molar refractivity (Wildman–Crippen MR) is 76.8 cm³/mol. The minimum atomic E-state index is 0.0346. The standard InChI is InChI=1S/C15H21N3O/c1-11(2)10-18-15(19)6-7-17-14-8-12(3)4-5-13(14)9-16/h4-5,8,11,17H,6-7,10H2,1-3H3,(H,18,19). The Bertz CT molecular complexity index is 475. The quantitative estimate of drug-likeness (QED) is 0.824. The maximum Gasteiger partial charge on any atom is 0.221 e. The summed E-state index contributed by atoms with van der Waals surface area (Å²) in [5, 5.41) is 15.0. The van der Waals surface area contributed by atoms with Crippen molar-refractivity contribution in [3.05, 3.63) is 29.3 Å². The molecule has 0 bridgehead atoms. The zero-order valence-electron chi connectivity index (χ0n) is 11.8. The molecule has 0 unspecified atom stereocenters. The lowest BCUT2D eigenvalue weighted by Crippen LogP contribution is -2.28. The first kappa shape index (κ1) is 15.0. The fraction of sp³-hybridized carbons (Fsp3) is 0.467. The van der Waals surface area contributed by atoms with Crippen LogP contribution in [0.3, 0.4) is 0 Å². The van der Waals surface area contributed by atoms with Gasteiger partial charge in [0.25, 0.3) is 0 Å². The highest BCUT2D eigenvalue weighted by Gasteiger charge is 2.04. The molecule has 4 heteroatoms. The molecule has 102 valence electrons. The first-order chi connectivity index (χ1) is 9.02. The summed E-state index contributed by atoms with van der Waals surface area (Å²) >= 11 is 0. The molecule has 0 saturated heterocycles.